The number of nitrogens with zero attached hydrogens (tertiary/aromatic N) is 1. The third-order valence-electron chi connectivity index (χ3n) is 2.45. The number of carboxylic acid groups (broad SMARTS) is 1. The van der Waals surface area contributed by atoms with Crippen LogP contribution in [0.2, 0.25) is 0 Å². The van der Waals surface area contributed by atoms with Crippen molar-refractivity contribution in [3.63, 3.8) is 0 Å². The van der Waals surface area contributed by atoms with Gasteiger partial charge in [-0.3, -0.25) is 4.79 Å². The number of carbonyl (C=O) groups is 2. The third-order valence-corrected chi connectivity index (χ3v) is 2.94. The molecule has 0 saturated carbocycles. The molecule has 1 aromatic rings. The summed E-state index contributed by atoms with van der Waals surface area (Å²) in [5, 5.41) is 11.0. The van der Waals surface area contributed by atoms with Crippen molar-refractivity contribution >= 4 is 27.9 Å². The van der Waals surface area contributed by atoms with Crippen molar-refractivity contribution < 1.29 is 19.1 Å². The number of rotatable bonds is 5. The van der Waals surface area contributed by atoms with Crippen LogP contribution in [0.5, 0.6) is 0 Å². The maximum Gasteiger partial charge on any atom is 0.317 e. The van der Waals surface area contributed by atoms with Gasteiger partial charge in [-0.15, -0.1) is 0 Å². The van der Waals surface area contributed by atoms with Crippen LogP contribution in [0.15, 0.2) is 22.7 Å². The van der Waals surface area contributed by atoms with Crippen molar-refractivity contribution in [1.82, 2.24) is 10.2 Å². The molecule has 104 valence electrons. The average Bonchev–Trinajstić information content (AvgIpc) is 2.36. The number of carbonyl (C=O) groups excluding carboxylic acids is 1. The van der Waals surface area contributed by atoms with E-state index in [1.165, 1.54) is 18.0 Å². The van der Waals surface area contributed by atoms with Crippen LogP contribution in [-0.2, 0) is 11.3 Å². The van der Waals surface area contributed by atoms with Crippen LogP contribution >= 0.6 is 15.9 Å². The predicted molar refractivity (Wildman–Crippen MR) is 71.2 cm³/mol. The van der Waals surface area contributed by atoms with Gasteiger partial charge in [-0.05, 0) is 18.2 Å². The first-order valence-corrected chi connectivity index (χ1v) is 6.34. The molecular formula is C12H14BrFN2O3. The molecule has 1 rings (SSSR count). The first-order valence-electron chi connectivity index (χ1n) is 5.55. The SMILES string of the molecule is CN(CCC(=O)O)C(=O)NCc1cc(Br)ccc1F. The van der Waals surface area contributed by atoms with Gasteiger partial charge in [0, 0.05) is 30.2 Å². The summed E-state index contributed by atoms with van der Waals surface area (Å²) in [5.41, 5.74) is 0.356. The molecule has 0 aliphatic heterocycles. The van der Waals surface area contributed by atoms with Crippen molar-refractivity contribution in [2.45, 2.75) is 13.0 Å². The Morgan fingerprint density at radius 1 is 1.47 bits per heavy atom. The molecule has 0 bridgehead atoms. The molecule has 0 fully saturated rings. The van der Waals surface area contributed by atoms with Gasteiger partial charge in [0.25, 0.3) is 0 Å². The van der Waals surface area contributed by atoms with Gasteiger partial charge in [-0.25, -0.2) is 9.18 Å². The van der Waals surface area contributed by atoms with E-state index in [1.807, 2.05) is 0 Å². The van der Waals surface area contributed by atoms with Crippen molar-refractivity contribution in [2.75, 3.05) is 13.6 Å². The molecule has 0 aliphatic carbocycles. The molecule has 2 amide bonds. The lowest BCUT2D eigenvalue weighted by molar-refractivity contribution is -0.137. The van der Waals surface area contributed by atoms with Crippen LogP contribution in [0.1, 0.15) is 12.0 Å². The molecule has 0 heterocycles. The zero-order valence-electron chi connectivity index (χ0n) is 10.3. The maximum absolute atomic E-state index is 13.4. The quantitative estimate of drug-likeness (QED) is 0.868. The number of halogens is 2. The highest BCUT2D eigenvalue weighted by Crippen LogP contribution is 2.15. The Morgan fingerprint density at radius 2 is 2.16 bits per heavy atom. The number of carboxylic acids is 1. The van der Waals surface area contributed by atoms with Gasteiger partial charge in [0.1, 0.15) is 5.82 Å². The highest BCUT2D eigenvalue weighted by molar-refractivity contribution is 9.10. The summed E-state index contributed by atoms with van der Waals surface area (Å²) in [6.45, 7) is 0.143. The summed E-state index contributed by atoms with van der Waals surface area (Å²) < 4.78 is 14.1. The monoisotopic (exact) mass is 332 g/mol. The zero-order valence-corrected chi connectivity index (χ0v) is 11.9. The van der Waals surface area contributed by atoms with E-state index in [4.69, 9.17) is 5.11 Å². The van der Waals surface area contributed by atoms with E-state index in [-0.39, 0.29) is 19.5 Å². The summed E-state index contributed by atoms with van der Waals surface area (Å²) in [6, 6.07) is 4.01. The zero-order chi connectivity index (χ0) is 14.4. The molecule has 0 aliphatic rings. The lowest BCUT2D eigenvalue weighted by Crippen LogP contribution is -2.38. The second-order valence-corrected chi connectivity index (χ2v) is 4.88. The van der Waals surface area contributed by atoms with Crippen LogP contribution in [-0.4, -0.2) is 35.6 Å². The van der Waals surface area contributed by atoms with Gasteiger partial charge >= 0.3 is 12.0 Å². The molecule has 2 N–H and O–H groups in total. The smallest absolute Gasteiger partial charge is 0.317 e. The van der Waals surface area contributed by atoms with Gasteiger partial charge in [0.2, 0.25) is 0 Å². The number of amides is 2. The fourth-order valence-electron chi connectivity index (χ4n) is 1.35. The van der Waals surface area contributed by atoms with Crippen molar-refractivity contribution in [3.05, 3.63) is 34.1 Å². The van der Waals surface area contributed by atoms with Crippen LogP contribution in [0.4, 0.5) is 9.18 Å². The molecule has 0 aromatic heterocycles. The Bertz CT molecular complexity index is 482. The lowest BCUT2D eigenvalue weighted by atomic mass is 10.2. The van der Waals surface area contributed by atoms with Gasteiger partial charge in [0.15, 0.2) is 0 Å². The predicted octanol–water partition coefficient (Wildman–Crippen LogP) is 2.20. The van der Waals surface area contributed by atoms with Crippen molar-refractivity contribution in [3.8, 4) is 0 Å². The second-order valence-electron chi connectivity index (χ2n) is 3.96. The lowest BCUT2D eigenvalue weighted by Gasteiger charge is -2.17. The number of benzene rings is 1. The van der Waals surface area contributed by atoms with E-state index in [0.717, 1.165) is 4.47 Å². The molecule has 7 heteroatoms. The van der Waals surface area contributed by atoms with Gasteiger partial charge in [-0.2, -0.15) is 0 Å². The van der Waals surface area contributed by atoms with E-state index >= 15 is 0 Å². The number of hydrogen-bond donors (Lipinski definition) is 2. The molecule has 5 nitrogen and oxygen atoms in total. The molecular weight excluding hydrogens is 319 g/mol. The van der Waals surface area contributed by atoms with E-state index in [2.05, 4.69) is 21.2 Å². The van der Waals surface area contributed by atoms with Gasteiger partial charge < -0.3 is 15.3 Å². The maximum atomic E-state index is 13.4. The van der Waals surface area contributed by atoms with Crippen LogP contribution < -0.4 is 5.32 Å². The highest BCUT2D eigenvalue weighted by atomic mass is 79.9. The molecule has 1 aromatic carbocycles. The Labute approximate surface area is 118 Å². The highest BCUT2D eigenvalue weighted by Gasteiger charge is 2.11. The Kier molecular flexibility index (Phi) is 5.75. The fourth-order valence-corrected chi connectivity index (χ4v) is 1.76. The number of nitrogens with one attached hydrogen (secondary N) is 1. The third kappa shape index (κ3) is 5.25. The fraction of sp³-hybridized carbons (Fsp3) is 0.333. The minimum absolute atomic E-state index is 0.0432. The van der Waals surface area contributed by atoms with Crippen molar-refractivity contribution in [1.29, 1.82) is 0 Å². The summed E-state index contributed by atoms with van der Waals surface area (Å²) in [5.74, 6) is -1.38. The molecule has 0 saturated heterocycles. The molecule has 19 heavy (non-hydrogen) atoms. The Balaban J connectivity index is 2.49. The summed E-state index contributed by atoms with van der Waals surface area (Å²) in [7, 11) is 1.48. The first-order chi connectivity index (χ1) is 8.90. The Hall–Kier alpha value is -1.63. The summed E-state index contributed by atoms with van der Waals surface area (Å²) in [4.78, 5) is 23.2. The topological polar surface area (TPSA) is 69.6 Å². The molecule has 0 unspecified atom stereocenters. The molecule has 0 spiro atoms. The summed E-state index contributed by atoms with van der Waals surface area (Å²) in [6.07, 6.45) is -0.130. The van der Waals surface area contributed by atoms with E-state index in [0.29, 0.717) is 5.56 Å². The summed E-state index contributed by atoms with van der Waals surface area (Å²) >= 11 is 3.22. The number of aliphatic carboxylic acids is 1. The van der Waals surface area contributed by atoms with E-state index < -0.39 is 17.8 Å². The largest absolute Gasteiger partial charge is 0.481 e. The first kappa shape index (κ1) is 15.4. The molecule has 0 atom stereocenters. The van der Waals surface area contributed by atoms with Crippen molar-refractivity contribution in [2.24, 2.45) is 0 Å². The van der Waals surface area contributed by atoms with E-state index in [1.54, 1.807) is 12.1 Å². The van der Waals surface area contributed by atoms with Crippen LogP contribution in [0.3, 0.4) is 0 Å². The standard InChI is InChI=1S/C12H14BrFN2O3/c1-16(5-4-11(17)18)12(19)15-7-8-6-9(13)2-3-10(8)14/h2-3,6H,4-5,7H2,1H3,(H,15,19)(H,17,18). The second kappa shape index (κ2) is 7.08. The normalized spacial score (nSPS) is 10.1. The minimum Gasteiger partial charge on any atom is -0.481 e. The van der Waals surface area contributed by atoms with Gasteiger partial charge in [0.05, 0.1) is 6.42 Å². The number of urea groups is 1. The number of hydrogen-bond acceptors (Lipinski definition) is 2. The molecule has 0 radical (unpaired) electrons. The van der Waals surface area contributed by atoms with Gasteiger partial charge in [-0.1, -0.05) is 15.9 Å². The van der Waals surface area contributed by atoms with Crippen LogP contribution in [0.25, 0.3) is 0 Å². The Morgan fingerprint density at radius 3 is 2.79 bits per heavy atom. The minimum atomic E-state index is -0.974. The van der Waals surface area contributed by atoms with E-state index in [9.17, 15) is 14.0 Å². The average molecular weight is 333 g/mol. The van der Waals surface area contributed by atoms with Crippen LogP contribution in [0, 0.1) is 5.82 Å².